The summed E-state index contributed by atoms with van der Waals surface area (Å²) >= 11 is 2.87. The van der Waals surface area contributed by atoms with E-state index < -0.39 is 0 Å². The molecule has 25 heavy (non-hydrogen) atoms. The summed E-state index contributed by atoms with van der Waals surface area (Å²) < 4.78 is 7.61. The van der Waals surface area contributed by atoms with E-state index in [1.807, 2.05) is 12.3 Å². The van der Waals surface area contributed by atoms with Crippen LogP contribution in [0, 0.1) is 6.92 Å². The second-order valence-electron chi connectivity index (χ2n) is 6.11. The predicted molar refractivity (Wildman–Crippen MR) is 97.5 cm³/mol. The van der Waals surface area contributed by atoms with E-state index in [1.54, 1.807) is 0 Å². The summed E-state index contributed by atoms with van der Waals surface area (Å²) in [5.41, 5.74) is 0.914. The molecule has 1 aliphatic heterocycles. The minimum absolute atomic E-state index is 0.0716. The van der Waals surface area contributed by atoms with Crippen LogP contribution in [0.25, 0.3) is 0 Å². The molecule has 2 aromatic heterocycles. The first-order chi connectivity index (χ1) is 12.2. The lowest BCUT2D eigenvalue weighted by atomic mass is 10.4. The summed E-state index contributed by atoms with van der Waals surface area (Å²) in [5.74, 6) is 1.13. The van der Waals surface area contributed by atoms with E-state index in [4.69, 9.17) is 4.74 Å². The normalized spacial score (nSPS) is 17.7. The number of carbonyl (C=O) groups is 1. The van der Waals surface area contributed by atoms with Crippen molar-refractivity contribution in [2.45, 2.75) is 31.0 Å². The number of nitrogens with one attached hydrogen (secondary N) is 1. The number of morpholine rings is 1. The Bertz CT molecular complexity index is 751. The highest BCUT2D eigenvalue weighted by molar-refractivity contribution is 7.99. The standard InChI is InChI=1S/C15H20N6O2S2/c1-10-8-24-13(16-10)17-12(22)9-25-15-19-18-14(21(15)11-2-3-11)20-4-6-23-7-5-20/h8,11H,2-7,9H2,1H3,(H,16,17,22). The molecule has 1 aliphatic carbocycles. The number of ether oxygens (including phenoxy) is 1. The topological polar surface area (TPSA) is 85.2 Å². The maximum atomic E-state index is 12.2. The molecule has 0 atom stereocenters. The van der Waals surface area contributed by atoms with E-state index in [-0.39, 0.29) is 5.91 Å². The number of aryl methyl sites for hydroxylation is 1. The van der Waals surface area contributed by atoms with E-state index >= 15 is 0 Å². The van der Waals surface area contributed by atoms with Gasteiger partial charge in [0.15, 0.2) is 10.3 Å². The van der Waals surface area contributed by atoms with Crippen molar-refractivity contribution in [2.75, 3.05) is 42.3 Å². The number of hydrogen-bond acceptors (Lipinski definition) is 8. The molecule has 1 amide bonds. The van der Waals surface area contributed by atoms with E-state index in [1.165, 1.54) is 23.1 Å². The molecule has 0 spiro atoms. The molecule has 0 radical (unpaired) electrons. The van der Waals surface area contributed by atoms with Gasteiger partial charge in [-0.05, 0) is 19.8 Å². The van der Waals surface area contributed by atoms with Gasteiger partial charge in [0.25, 0.3) is 0 Å². The quantitative estimate of drug-likeness (QED) is 0.767. The number of nitrogens with zero attached hydrogens (tertiary/aromatic N) is 5. The monoisotopic (exact) mass is 380 g/mol. The number of hydrogen-bond donors (Lipinski definition) is 1. The van der Waals surface area contributed by atoms with Crippen LogP contribution in [0.15, 0.2) is 10.5 Å². The maximum Gasteiger partial charge on any atom is 0.236 e. The highest BCUT2D eigenvalue weighted by atomic mass is 32.2. The van der Waals surface area contributed by atoms with Crippen molar-refractivity contribution in [2.24, 2.45) is 0 Å². The second kappa shape index (κ2) is 7.30. The molecular formula is C15H20N6O2S2. The van der Waals surface area contributed by atoms with Gasteiger partial charge in [-0.2, -0.15) is 0 Å². The molecule has 0 unspecified atom stereocenters. The molecule has 2 aromatic rings. The Balaban J connectivity index is 1.41. The van der Waals surface area contributed by atoms with E-state index in [2.05, 4.69) is 30.0 Å². The van der Waals surface area contributed by atoms with E-state index in [0.717, 1.165) is 55.9 Å². The second-order valence-corrected chi connectivity index (χ2v) is 7.91. The summed E-state index contributed by atoms with van der Waals surface area (Å²) in [6.45, 7) is 5.01. The molecule has 2 aliphatic rings. The van der Waals surface area contributed by atoms with Crippen molar-refractivity contribution in [3.8, 4) is 0 Å². The molecule has 1 saturated carbocycles. The Morgan fingerprint density at radius 2 is 2.20 bits per heavy atom. The zero-order chi connectivity index (χ0) is 17.2. The molecule has 3 heterocycles. The summed E-state index contributed by atoms with van der Waals surface area (Å²) in [7, 11) is 0. The van der Waals surface area contributed by atoms with Gasteiger partial charge in [0.05, 0.1) is 24.7 Å². The molecule has 4 rings (SSSR count). The van der Waals surface area contributed by atoms with Crippen molar-refractivity contribution in [1.82, 2.24) is 19.7 Å². The number of carbonyl (C=O) groups excluding carboxylic acids is 1. The Morgan fingerprint density at radius 1 is 1.40 bits per heavy atom. The van der Waals surface area contributed by atoms with Crippen LogP contribution in [0.3, 0.4) is 0 Å². The lowest BCUT2D eigenvalue weighted by Crippen LogP contribution is -2.38. The van der Waals surface area contributed by atoms with Crippen molar-refractivity contribution < 1.29 is 9.53 Å². The first kappa shape index (κ1) is 16.8. The van der Waals surface area contributed by atoms with Gasteiger partial charge in [-0.15, -0.1) is 21.5 Å². The third kappa shape index (κ3) is 3.96. The molecule has 0 bridgehead atoms. The van der Waals surface area contributed by atoms with E-state index in [9.17, 15) is 4.79 Å². The molecule has 0 aromatic carbocycles. The van der Waals surface area contributed by atoms with E-state index in [0.29, 0.717) is 16.9 Å². The minimum atomic E-state index is -0.0716. The average Bonchev–Trinajstić information content (AvgIpc) is 3.24. The molecule has 10 heteroatoms. The molecule has 8 nitrogen and oxygen atoms in total. The van der Waals surface area contributed by atoms with Crippen LogP contribution in [-0.4, -0.2) is 57.7 Å². The smallest absolute Gasteiger partial charge is 0.236 e. The van der Waals surface area contributed by atoms with Gasteiger partial charge in [0, 0.05) is 24.5 Å². The zero-order valence-electron chi connectivity index (χ0n) is 14.0. The number of thioether (sulfide) groups is 1. The summed E-state index contributed by atoms with van der Waals surface area (Å²) in [5, 5.41) is 14.9. The average molecular weight is 380 g/mol. The Morgan fingerprint density at radius 3 is 2.88 bits per heavy atom. The van der Waals surface area contributed by atoms with Crippen LogP contribution in [-0.2, 0) is 9.53 Å². The molecule has 134 valence electrons. The Hall–Kier alpha value is -1.65. The first-order valence-corrected chi connectivity index (χ1v) is 10.2. The SMILES string of the molecule is Cc1csc(NC(=O)CSc2nnc(N3CCOCC3)n2C2CC2)n1. The van der Waals surface area contributed by atoms with Gasteiger partial charge in [-0.1, -0.05) is 11.8 Å². The van der Waals surface area contributed by atoms with Gasteiger partial charge < -0.3 is 15.0 Å². The van der Waals surface area contributed by atoms with Gasteiger partial charge >= 0.3 is 0 Å². The maximum absolute atomic E-state index is 12.2. The van der Waals surface area contributed by atoms with Gasteiger partial charge in [0.2, 0.25) is 11.9 Å². The highest BCUT2D eigenvalue weighted by Crippen LogP contribution is 2.41. The van der Waals surface area contributed by atoms with Crippen LogP contribution in [0.2, 0.25) is 0 Å². The minimum Gasteiger partial charge on any atom is -0.378 e. The lowest BCUT2D eigenvalue weighted by molar-refractivity contribution is -0.113. The zero-order valence-corrected chi connectivity index (χ0v) is 15.6. The van der Waals surface area contributed by atoms with Gasteiger partial charge in [-0.3, -0.25) is 9.36 Å². The number of amides is 1. The Kier molecular flexibility index (Phi) is 4.91. The number of anilines is 2. The molecule has 2 fully saturated rings. The number of thiazole rings is 1. The summed E-state index contributed by atoms with van der Waals surface area (Å²) in [4.78, 5) is 18.6. The summed E-state index contributed by atoms with van der Waals surface area (Å²) in [6, 6.07) is 0.458. The largest absolute Gasteiger partial charge is 0.378 e. The lowest BCUT2D eigenvalue weighted by Gasteiger charge is -2.27. The van der Waals surface area contributed by atoms with Crippen LogP contribution in [0.1, 0.15) is 24.6 Å². The first-order valence-electron chi connectivity index (χ1n) is 8.33. The summed E-state index contributed by atoms with van der Waals surface area (Å²) in [6.07, 6.45) is 2.29. The van der Waals surface area contributed by atoms with Gasteiger partial charge in [0.1, 0.15) is 0 Å². The van der Waals surface area contributed by atoms with Crippen LogP contribution >= 0.6 is 23.1 Å². The fourth-order valence-corrected chi connectivity index (χ4v) is 4.20. The Labute approximate surface area is 154 Å². The molecule has 1 saturated heterocycles. The fraction of sp³-hybridized carbons (Fsp3) is 0.600. The molecule has 1 N–H and O–H groups in total. The highest BCUT2D eigenvalue weighted by Gasteiger charge is 2.32. The van der Waals surface area contributed by atoms with Crippen molar-refractivity contribution >= 4 is 40.1 Å². The van der Waals surface area contributed by atoms with Gasteiger partial charge in [-0.25, -0.2) is 4.98 Å². The number of aromatic nitrogens is 4. The third-order valence-electron chi connectivity index (χ3n) is 4.05. The van der Waals surface area contributed by atoms with Crippen LogP contribution < -0.4 is 10.2 Å². The van der Waals surface area contributed by atoms with Crippen molar-refractivity contribution in [3.63, 3.8) is 0 Å². The fourth-order valence-electron chi connectivity index (χ4n) is 2.70. The predicted octanol–water partition coefficient (Wildman–Crippen LogP) is 1.95. The van der Waals surface area contributed by atoms with Crippen LogP contribution in [0.4, 0.5) is 11.1 Å². The van der Waals surface area contributed by atoms with Crippen LogP contribution in [0.5, 0.6) is 0 Å². The molecular weight excluding hydrogens is 360 g/mol. The third-order valence-corrected chi connectivity index (χ3v) is 5.87. The van der Waals surface area contributed by atoms with Crippen molar-refractivity contribution in [3.05, 3.63) is 11.1 Å². The van der Waals surface area contributed by atoms with Crippen molar-refractivity contribution in [1.29, 1.82) is 0 Å². The number of rotatable bonds is 6.